The van der Waals surface area contributed by atoms with Crippen LogP contribution in [0.15, 0.2) is 76.8 Å². The highest BCUT2D eigenvalue weighted by molar-refractivity contribution is 8.13. The van der Waals surface area contributed by atoms with Gasteiger partial charge in [-0.15, -0.1) is 5.10 Å². The van der Waals surface area contributed by atoms with Gasteiger partial charge in [-0.3, -0.25) is 15.1 Å². The molecule has 0 saturated carbocycles. The van der Waals surface area contributed by atoms with Crippen LogP contribution in [0.3, 0.4) is 0 Å². The lowest BCUT2D eigenvalue weighted by Gasteiger charge is -2.34. The van der Waals surface area contributed by atoms with Gasteiger partial charge in [-0.1, -0.05) is 66.4 Å². The summed E-state index contributed by atoms with van der Waals surface area (Å²) in [6.45, 7) is 0. The van der Waals surface area contributed by atoms with Crippen molar-refractivity contribution < 1.29 is 4.79 Å². The van der Waals surface area contributed by atoms with Gasteiger partial charge in [0.15, 0.2) is 11.3 Å². The largest absolute Gasteiger partial charge is 0.298 e. The number of thioether (sulfide) groups is 1. The molecule has 1 atom stereocenters. The number of amidine groups is 1. The van der Waals surface area contributed by atoms with Crippen LogP contribution in [0.5, 0.6) is 0 Å². The second-order valence-electron chi connectivity index (χ2n) is 6.38. The van der Waals surface area contributed by atoms with Crippen molar-refractivity contribution in [3.63, 3.8) is 0 Å². The standard InChI is InChI=1S/C21H16N4OS/c1-27-21-23-20(26)18-16-8-4-5-9-17(16)22-19(25(18)24-21)15-11-10-13-6-2-3-7-14(13)12-15/h2-12,19H,1H3,(H,23,24,26)/t19-/m0/s1. The van der Waals surface area contributed by atoms with Gasteiger partial charge in [-0.25, -0.2) is 5.01 Å². The van der Waals surface area contributed by atoms with E-state index in [-0.39, 0.29) is 12.1 Å². The quantitative estimate of drug-likeness (QED) is 0.713. The maximum Gasteiger partial charge on any atom is 0.276 e. The summed E-state index contributed by atoms with van der Waals surface area (Å²) in [6, 6.07) is 22.2. The van der Waals surface area contributed by atoms with Crippen molar-refractivity contribution in [3.8, 4) is 0 Å². The minimum atomic E-state index is -0.382. The number of carbonyl (C=O) groups excluding carboxylic acids is 1. The minimum absolute atomic E-state index is 0.150. The zero-order chi connectivity index (χ0) is 18.4. The first-order valence-electron chi connectivity index (χ1n) is 8.64. The lowest BCUT2D eigenvalue weighted by atomic mass is 10.0. The van der Waals surface area contributed by atoms with E-state index >= 15 is 0 Å². The molecule has 2 heterocycles. The van der Waals surface area contributed by atoms with Crippen LogP contribution in [0, 0.1) is 0 Å². The average Bonchev–Trinajstić information content (AvgIpc) is 2.72. The van der Waals surface area contributed by atoms with Crippen molar-refractivity contribution in [2.24, 2.45) is 10.1 Å². The Balaban J connectivity index is 1.76. The molecule has 3 aromatic carbocycles. The van der Waals surface area contributed by atoms with E-state index in [1.54, 1.807) is 5.01 Å². The third kappa shape index (κ3) is 2.61. The van der Waals surface area contributed by atoms with Crippen LogP contribution in [0.25, 0.3) is 16.5 Å². The van der Waals surface area contributed by atoms with Crippen LogP contribution >= 0.6 is 11.8 Å². The first-order valence-corrected chi connectivity index (χ1v) is 9.86. The second-order valence-corrected chi connectivity index (χ2v) is 7.18. The Morgan fingerprint density at radius 2 is 1.78 bits per heavy atom. The van der Waals surface area contributed by atoms with Crippen molar-refractivity contribution in [2.45, 2.75) is 6.17 Å². The van der Waals surface area contributed by atoms with Crippen LogP contribution in [0.1, 0.15) is 11.7 Å². The fourth-order valence-corrected chi connectivity index (χ4v) is 3.87. The van der Waals surface area contributed by atoms with Gasteiger partial charge in [0.25, 0.3) is 5.91 Å². The molecule has 0 saturated heterocycles. The van der Waals surface area contributed by atoms with Crippen molar-refractivity contribution >= 4 is 39.3 Å². The van der Waals surface area contributed by atoms with Gasteiger partial charge in [0.2, 0.25) is 0 Å². The SMILES string of the molecule is CSC1=NN2C(=c3ccccc3=N[C@@H]2c2ccc3ccccc3c2)C(=O)N1. The van der Waals surface area contributed by atoms with E-state index in [4.69, 9.17) is 4.99 Å². The number of nitrogens with zero attached hydrogens (tertiary/aromatic N) is 3. The molecule has 0 aromatic heterocycles. The summed E-state index contributed by atoms with van der Waals surface area (Å²) in [4.78, 5) is 17.7. The van der Waals surface area contributed by atoms with Crippen LogP contribution in [0.2, 0.25) is 0 Å². The van der Waals surface area contributed by atoms with E-state index in [1.165, 1.54) is 17.1 Å². The van der Waals surface area contributed by atoms with Gasteiger partial charge < -0.3 is 0 Å². The summed E-state index contributed by atoms with van der Waals surface area (Å²) in [5.74, 6) is -0.150. The summed E-state index contributed by atoms with van der Waals surface area (Å²) in [5, 5.41) is 13.8. The molecule has 27 heavy (non-hydrogen) atoms. The number of hydrazone groups is 1. The predicted octanol–water partition coefficient (Wildman–Crippen LogP) is 2.35. The van der Waals surface area contributed by atoms with Gasteiger partial charge in [0.1, 0.15) is 5.70 Å². The Morgan fingerprint density at radius 1 is 1.00 bits per heavy atom. The number of fused-ring (bicyclic) bond motifs is 3. The number of amides is 1. The molecule has 0 aliphatic carbocycles. The number of hydrogen-bond acceptors (Lipinski definition) is 5. The normalized spacial score (nSPS) is 18.3. The molecule has 0 spiro atoms. The average molecular weight is 372 g/mol. The van der Waals surface area contributed by atoms with Crippen LogP contribution in [-0.4, -0.2) is 22.3 Å². The van der Waals surface area contributed by atoms with Gasteiger partial charge in [-0.2, -0.15) is 0 Å². The number of rotatable bonds is 1. The second kappa shape index (κ2) is 6.25. The highest BCUT2D eigenvalue weighted by Gasteiger charge is 2.34. The Morgan fingerprint density at radius 3 is 2.63 bits per heavy atom. The monoisotopic (exact) mass is 372 g/mol. The van der Waals surface area contributed by atoms with E-state index in [0.29, 0.717) is 10.9 Å². The molecular formula is C21H16N4OS. The molecule has 132 valence electrons. The number of carbonyl (C=O) groups is 1. The van der Waals surface area contributed by atoms with Crippen molar-refractivity contribution in [2.75, 3.05) is 6.26 Å². The lowest BCUT2D eigenvalue weighted by Crippen LogP contribution is -2.50. The Bertz CT molecular complexity index is 1230. The van der Waals surface area contributed by atoms with Crippen LogP contribution in [0.4, 0.5) is 0 Å². The number of para-hydroxylation sites is 1. The number of hydrogen-bond donors (Lipinski definition) is 1. The molecule has 0 fully saturated rings. The summed E-state index contributed by atoms with van der Waals surface area (Å²) >= 11 is 1.41. The molecule has 2 aliphatic rings. The molecule has 5 rings (SSSR count). The summed E-state index contributed by atoms with van der Waals surface area (Å²) in [5.41, 5.74) is 1.54. The smallest absolute Gasteiger partial charge is 0.276 e. The lowest BCUT2D eigenvalue weighted by molar-refractivity contribution is -0.116. The van der Waals surface area contributed by atoms with E-state index < -0.39 is 0 Å². The van der Waals surface area contributed by atoms with Gasteiger partial charge in [0.05, 0.1) is 5.36 Å². The molecular weight excluding hydrogens is 356 g/mol. The fraction of sp³-hybridized carbons (Fsp3) is 0.0952. The van der Waals surface area contributed by atoms with Crippen LogP contribution in [-0.2, 0) is 4.79 Å². The van der Waals surface area contributed by atoms with Gasteiger partial charge in [-0.05, 0) is 34.7 Å². The van der Waals surface area contributed by atoms with Gasteiger partial charge in [0, 0.05) is 5.22 Å². The third-order valence-corrected chi connectivity index (χ3v) is 5.35. The summed E-state index contributed by atoms with van der Waals surface area (Å²) < 4.78 is 0. The topological polar surface area (TPSA) is 57.1 Å². The molecule has 1 amide bonds. The first kappa shape index (κ1) is 16.1. The Hall–Kier alpha value is -3.12. The highest BCUT2D eigenvalue weighted by Crippen LogP contribution is 2.32. The van der Waals surface area contributed by atoms with Crippen molar-refractivity contribution in [1.82, 2.24) is 10.3 Å². The van der Waals surface area contributed by atoms with Crippen molar-refractivity contribution in [3.05, 3.63) is 82.9 Å². The van der Waals surface area contributed by atoms with E-state index in [0.717, 1.165) is 21.5 Å². The first-order chi connectivity index (χ1) is 13.2. The molecule has 2 aliphatic heterocycles. The highest BCUT2D eigenvalue weighted by atomic mass is 32.2. The zero-order valence-electron chi connectivity index (χ0n) is 14.6. The molecule has 0 unspecified atom stereocenters. The zero-order valence-corrected chi connectivity index (χ0v) is 15.4. The summed E-state index contributed by atoms with van der Waals surface area (Å²) in [7, 11) is 0. The summed E-state index contributed by atoms with van der Waals surface area (Å²) in [6.07, 6.45) is 1.51. The number of nitrogens with one attached hydrogen (secondary N) is 1. The molecule has 0 bridgehead atoms. The molecule has 3 aromatic rings. The fourth-order valence-electron chi connectivity index (χ4n) is 3.50. The van der Waals surface area contributed by atoms with E-state index in [2.05, 4.69) is 40.8 Å². The minimum Gasteiger partial charge on any atom is -0.298 e. The molecule has 1 N–H and O–H groups in total. The Labute approximate surface area is 160 Å². The van der Waals surface area contributed by atoms with Crippen molar-refractivity contribution in [1.29, 1.82) is 0 Å². The Kier molecular flexibility index (Phi) is 3.72. The van der Waals surface area contributed by atoms with E-state index in [1.807, 2.05) is 42.7 Å². The maximum atomic E-state index is 12.8. The molecule has 5 nitrogen and oxygen atoms in total. The van der Waals surface area contributed by atoms with E-state index in [9.17, 15) is 4.79 Å². The van der Waals surface area contributed by atoms with Crippen LogP contribution < -0.4 is 15.9 Å². The van der Waals surface area contributed by atoms with Gasteiger partial charge >= 0.3 is 0 Å². The number of benzene rings is 3. The molecule has 0 radical (unpaired) electrons. The predicted molar refractivity (Wildman–Crippen MR) is 108 cm³/mol. The maximum absolute atomic E-state index is 12.8. The molecule has 6 heteroatoms. The third-order valence-electron chi connectivity index (χ3n) is 4.78.